The molecule has 1 rings (SSSR count). The highest BCUT2D eigenvalue weighted by molar-refractivity contribution is 5.68. The highest BCUT2D eigenvalue weighted by Gasteiger charge is 2.46. The summed E-state index contributed by atoms with van der Waals surface area (Å²) in [4.78, 5) is 13.5. The van der Waals surface area contributed by atoms with E-state index in [9.17, 15) is 9.18 Å². The van der Waals surface area contributed by atoms with Crippen molar-refractivity contribution in [3.05, 3.63) is 12.7 Å². The van der Waals surface area contributed by atoms with E-state index < -0.39 is 24.1 Å². The lowest BCUT2D eigenvalue weighted by Crippen LogP contribution is -2.47. The molecule has 1 aliphatic rings. The zero-order chi connectivity index (χ0) is 15.5. The third kappa shape index (κ3) is 3.95. The molecule has 0 aromatic heterocycles. The minimum absolute atomic E-state index is 0.176. The van der Waals surface area contributed by atoms with Gasteiger partial charge >= 0.3 is 6.09 Å². The van der Waals surface area contributed by atoms with Crippen LogP contribution in [0.15, 0.2) is 12.7 Å². The van der Waals surface area contributed by atoms with Crippen LogP contribution >= 0.6 is 0 Å². The van der Waals surface area contributed by atoms with E-state index in [2.05, 4.69) is 6.58 Å². The van der Waals surface area contributed by atoms with E-state index in [0.717, 1.165) is 0 Å². The molecule has 0 N–H and O–H groups in total. The lowest BCUT2D eigenvalue weighted by atomic mass is 10.00. The topological polar surface area (TPSA) is 38.8 Å². The van der Waals surface area contributed by atoms with Gasteiger partial charge in [-0.3, -0.25) is 4.90 Å². The van der Waals surface area contributed by atoms with Crippen LogP contribution in [0, 0.1) is 5.92 Å². The number of rotatable bonds is 4. The summed E-state index contributed by atoms with van der Waals surface area (Å²) >= 11 is 0. The van der Waals surface area contributed by atoms with Crippen molar-refractivity contribution in [3.8, 4) is 0 Å². The van der Waals surface area contributed by atoms with Crippen LogP contribution in [0.25, 0.3) is 0 Å². The highest BCUT2D eigenvalue weighted by atomic mass is 19.1. The number of ether oxygens (including phenoxy) is 2. The van der Waals surface area contributed by atoms with Crippen LogP contribution in [-0.4, -0.2) is 41.6 Å². The van der Waals surface area contributed by atoms with E-state index in [4.69, 9.17) is 9.47 Å². The van der Waals surface area contributed by atoms with Crippen LogP contribution < -0.4 is 0 Å². The molecule has 0 saturated carbocycles. The Labute approximate surface area is 120 Å². The van der Waals surface area contributed by atoms with Gasteiger partial charge in [0.15, 0.2) is 6.23 Å². The Morgan fingerprint density at radius 3 is 2.50 bits per heavy atom. The van der Waals surface area contributed by atoms with Crippen molar-refractivity contribution in [3.63, 3.8) is 0 Å². The number of hydrogen-bond donors (Lipinski definition) is 0. The highest BCUT2D eigenvalue weighted by Crippen LogP contribution is 2.33. The largest absolute Gasteiger partial charge is 0.444 e. The average Bonchev–Trinajstić information content (AvgIpc) is 2.61. The van der Waals surface area contributed by atoms with Crippen molar-refractivity contribution in [1.29, 1.82) is 0 Å². The van der Waals surface area contributed by atoms with E-state index in [1.54, 1.807) is 33.8 Å². The third-order valence-electron chi connectivity index (χ3n) is 3.34. The van der Waals surface area contributed by atoms with Crippen LogP contribution in [0.1, 0.15) is 41.0 Å². The van der Waals surface area contributed by atoms with E-state index in [0.29, 0.717) is 6.42 Å². The van der Waals surface area contributed by atoms with Crippen LogP contribution in [0.5, 0.6) is 0 Å². The molecule has 0 bridgehead atoms. The number of hydrogen-bond acceptors (Lipinski definition) is 3. The van der Waals surface area contributed by atoms with E-state index in [1.165, 1.54) is 4.90 Å². The molecule has 1 saturated heterocycles. The molecule has 1 heterocycles. The fraction of sp³-hybridized carbons (Fsp3) is 0.800. The van der Waals surface area contributed by atoms with Crippen molar-refractivity contribution in [2.75, 3.05) is 6.54 Å². The molecule has 20 heavy (non-hydrogen) atoms. The van der Waals surface area contributed by atoms with Gasteiger partial charge in [-0.1, -0.05) is 19.9 Å². The van der Waals surface area contributed by atoms with Gasteiger partial charge in [-0.25, -0.2) is 9.18 Å². The maximum Gasteiger partial charge on any atom is 0.412 e. The number of nitrogens with zero attached hydrogens (tertiary/aromatic N) is 1. The molecule has 1 amide bonds. The minimum Gasteiger partial charge on any atom is -0.444 e. The number of alkyl halides is 1. The summed E-state index contributed by atoms with van der Waals surface area (Å²) in [6.45, 7) is 12.9. The molecule has 0 aliphatic carbocycles. The van der Waals surface area contributed by atoms with Crippen molar-refractivity contribution < 1.29 is 18.7 Å². The first-order valence-electron chi connectivity index (χ1n) is 7.11. The van der Waals surface area contributed by atoms with Crippen molar-refractivity contribution >= 4 is 6.09 Å². The molecule has 1 fully saturated rings. The quantitative estimate of drug-likeness (QED) is 0.743. The second-order valence-electron chi connectivity index (χ2n) is 6.20. The zero-order valence-corrected chi connectivity index (χ0v) is 13.1. The zero-order valence-electron chi connectivity index (χ0n) is 13.1. The molecule has 0 radical (unpaired) electrons. The summed E-state index contributed by atoms with van der Waals surface area (Å²) < 4.78 is 25.4. The molecule has 0 unspecified atom stereocenters. The Hall–Kier alpha value is -1.10. The molecule has 5 heteroatoms. The molecule has 0 spiro atoms. The van der Waals surface area contributed by atoms with Crippen molar-refractivity contribution in [2.45, 2.75) is 65.1 Å². The maximum absolute atomic E-state index is 14.4. The third-order valence-corrected chi connectivity index (χ3v) is 3.34. The van der Waals surface area contributed by atoms with Gasteiger partial charge in [0.2, 0.25) is 0 Å². The summed E-state index contributed by atoms with van der Waals surface area (Å²) in [6.07, 6.45) is -0.605. The Morgan fingerprint density at radius 2 is 2.10 bits per heavy atom. The molecule has 0 aromatic carbocycles. The molecule has 1 aliphatic heterocycles. The van der Waals surface area contributed by atoms with Gasteiger partial charge in [-0.15, -0.1) is 6.58 Å². The molecule has 116 valence electrons. The molecular weight excluding hydrogens is 261 g/mol. The molecule has 0 aromatic rings. The van der Waals surface area contributed by atoms with Gasteiger partial charge in [0.25, 0.3) is 0 Å². The SMILES string of the molecule is C=CCN(C(=O)OC(C)(C)C)[C@@H]1O[C@H](CC)[C@@H](C)[C@@H]1F. The minimum atomic E-state index is -1.22. The van der Waals surface area contributed by atoms with Gasteiger partial charge < -0.3 is 9.47 Å². The Balaban J connectivity index is 2.86. The van der Waals surface area contributed by atoms with E-state index in [1.807, 2.05) is 6.92 Å². The first-order valence-corrected chi connectivity index (χ1v) is 7.11. The van der Waals surface area contributed by atoms with Crippen LogP contribution in [0.3, 0.4) is 0 Å². The number of carbonyl (C=O) groups excluding carboxylic acids is 1. The fourth-order valence-corrected chi connectivity index (χ4v) is 2.30. The number of amides is 1. The predicted octanol–water partition coefficient (Wildman–Crippen LogP) is 3.52. The van der Waals surface area contributed by atoms with Gasteiger partial charge in [-0.05, 0) is 27.2 Å². The Bertz CT molecular complexity index is 354. The Kier molecular flexibility index (Phi) is 5.57. The second-order valence-corrected chi connectivity index (χ2v) is 6.20. The van der Waals surface area contributed by atoms with E-state index >= 15 is 0 Å². The van der Waals surface area contributed by atoms with E-state index in [-0.39, 0.29) is 18.6 Å². The molecule has 4 nitrogen and oxygen atoms in total. The second kappa shape index (κ2) is 6.57. The summed E-state index contributed by atoms with van der Waals surface area (Å²) in [5.74, 6) is -0.236. The fourth-order valence-electron chi connectivity index (χ4n) is 2.30. The normalized spacial score (nSPS) is 30.1. The monoisotopic (exact) mass is 287 g/mol. The standard InChI is InChI=1S/C15H26FNO3/c1-7-9-17(14(18)20-15(4,5)6)13-12(16)10(3)11(8-2)19-13/h7,10-13H,1,8-9H2,2-6H3/t10-,11-,12+,13-/m1/s1. The summed E-state index contributed by atoms with van der Waals surface area (Å²) in [7, 11) is 0. The number of halogens is 1. The van der Waals surface area contributed by atoms with Gasteiger partial charge in [0.05, 0.1) is 6.10 Å². The Morgan fingerprint density at radius 1 is 1.50 bits per heavy atom. The van der Waals surface area contributed by atoms with Gasteiger partial charge in [0.1, 0.15) is 11.8 Å². The maximum atomic E-state index is 14.4. The smallest absolute Gasteiger partial charge is 0.412 e. The van der Waals surface area contributed by atoms with Crippen LogP contribution in [0.4, 0.5) is 9.18 Å². The van der Waals surface area contributed by atoms with Gasteiger partial charge in [-0.2, -0.15) is 0 Å². The summed E-state index contributed by atoms with van der Waals surface area (Å²) in [5.41, 5.74) is -0.628. The molecule has 4 atom stereocenters. The first-order chi connectivity index (χ1) is 9.21. The summed E-state index contributed by atoms with van der Waals surface area (Å²) in [6, 6.07) is 0. The predicted molar refractivity (Wildman–Crippen MR) is 76.1 cm³/mol. The van der Waals surface area contributed by atoms with Crippen LogP contribution in [0.2, 0.25) is 0 Å². The molecular formula is C15H26FNO3. The lowest BCUT2D eigenvalue weighted by Gasteiger charge is -2.31. The van der Waals surface area contributed by atoms with Crippen molar-refractivity contribution in [1.82, 2.24) is 4.90 Å². The average molecular weight is 287 g/mol. The lowest BCUT2D eigenvalue weighted by molar-refractivity contribution is -0.0754. The van der Waals surface area contributed by atoms with Crippen LogP contribution in [-0.2, 0) is 9.47 Å². The number of carbonyl (C=O) groups is 1. The summed E-state index contributed by atoms with van der Waals surface area (Å²) in [5, 5.41) is 0. The first kappa shape index (κ1) is 17.0. The van der Waals surface area contributed by atoms with Gasteiger partial charge in [0, 0.05) is 12.5 Å². The van der Waals surface area contributed by atoms with Crippen molar-refractivity contribution in [2.24, 2.45) is 5.92 Å².